The summed E-state index contributed by atoms with van der Waals surface area (Å²) >= 11 is 1.73. The predicted molar refractivity (Wildman–Crippen MR) is 83.0 cm³/mol. The average molecular weight is 306 g/mol. The minimum absolute atomic E-state index is 0.310. The van der Waals surface area contributed by atoms with Crippen LogP contribution in [0, 0.1) is 12.8 Å². The van der Waals surface area contributed by atoms with Crippen LogP contribution < -0.4 is 0 Å². The molecule has 0 saturated carbocycles. The molecular formula is C15H22N4OS. The molecule has 3 rings (SSSR count). The molecule has 1 saturated heterocycles. The number of rotatable bonds is 4. The highest BCUT2D eigenvalue weighted by molar-refractivity contribution is 7.09. The number of thiazole rings is 1. The number of aliphatic hydroxyl groups is 1. The van der Waals surface area contributed by atoms with Gasteiger partial charge in [-0.2, -0.15) is 0 Å². The fraction of sp³-hybridized carbons (Fsp3) is 0.600. The summed E-state index contributed by atoms with van der Waals surface area (Å²) in [5.74, 6) is 1.09. The maximum absolute atomic E-state index is 10.5. The summed E-state index contributed by atoms with van der Waals surface area (Å²) in [6.45, 7) is 5.12. The predicted octanol–water partition coefficient (Wildman–Crippen LogP) is 2.13. The third kappa shape index (κ3) is 3.17. The summed E-state index contributed by atoms with van der Waals surface area (Å²) in [5, 5.41) is 10.5. The van der Waals surface area contributed by atoms with E-state index in [4.69, 9.17) is 0 Å². The van der Waals surface area contributed by atoms with Crippen molar-refractivity contribution in [1.82, 2.24) is 19.4 Å². The van der Waals surface area contributed by atoms with E-state index < -0.39 is 6.10 Å². The van der Waals surface area contributed by atoms with E-state index in [0.717, 1.165) is 44.0 Å². The van der Waals surface area contributed by atoms with Crippen LogP contribution in [0.4, 0.5) is 0 Å². The molecular weight excluding hydrogens is 284 g/mol. The summed E-state index contributed by atoms with van der Waals surface area (Å²) in [6.07, 6.45) is 5.23. The molecule has 0 spiro atoms. The normalized spacial score (nSPS) is 19.0. The standard InChI is InChI=1S/C15H22N4OS/c1-11-13(21-10-17-11)9-19-6-3-12(4-7-19)14(20)15-16-5-8-18(15)2/h5,8,10,12,14,20H,3-4,6-7,9H2,1-2H3/t14-/m0/s1. The van der Waals surface area contributed by atoms with Gasteiger partial charge in [0.15, 0.2) is 0 Å². The van der Waals surface area contributed by atoms with Crippen molar-refractivity contribution in [3.05, 3.63) is 34.3 Å². The van der Waals surface area contributed by atoms with Gasteiger partial charge in [0, 0.05) is 30.9 Å². The van der Waals surface area contributed by atoms with Crippen LogP contribution in [0.15, 0.2) is 17.9 Å². The second kappa shape index (κ2) is 6.25. The van der Waals surface area contributed by atoms with E-state index in [9.17, 15) is 5.11 Å². The van der Waals surface area contributed by atoms with E-state index in [2.05, 4.69) is 21.8 Å². The molecule has 114 valence electrons. The van der Waals surface area contributed by atoms with E-state index in [-0.39, 0.29) is 0 Å². The Morgan fingerprint density at radius 1 is 1.38 bits per heavy atom. The van der Waals surface area contributed by atoms with Crippen molar-refractivity contribution < 1.29 is 5.11 Å². The van der Waals surface area contributed by atoms with Crippen molar-refractivity contribution in [2.45, 2.75) is 32.4 Å². The number of nitrogens with zero attached hydrogens (tertiary/aromatic N) is 4. The molecule has 0 aromatic carbocycles. The van der Waals surface area contributed by atoms with E-state index >= 15 is 0 Å². The van der Waals surface area contributed by atoms with Crippen molar-refractivity contribution in [1.29, 1.82) is 0 Å². The minimum atomic E-state index is -0.447. The molecule has 2 aromatic rings. The molecule has 0 unspecified atom stereocenters. The number of aromatic nitrogens is 3. The second-order valence-electron chi connectivity index (χ2n) is 5.82. The van der Waals surface area contributed by atoms with E-state index in [1.165, 1.54) is 4.88 Å². The number of likely N-dealkylation sites (tertiary alicyclic amines) is 1. The fourth-order valence-corrected chi connectivity index (χ4v) is 3.80. The van der Waals surface area contributed by atoms with Gasteiger partial charge in [-0.15, -0.1) is 11.3 Å². The Kier molecular flexibility index (Phi) is 4.37. The second-order valence-corrected chi connectivity index (χ2v) is 6.76. The first kappa shape index (κ1) is 14.7. The summed E-state index contributed by atoms with van der Waals surface area (Å²) in [7, 11) is 1.94. The molecule has 1 aliphatic heterocycles. The van der Waals surface area contributed by atoms with Crippen LogP contribution in [0.25, 0.3) is 0 Å². The van der Waals surface area contributed by atoms with Crippen molar-refractivity contribution in [2.24, 2.45) is 13.0 Å². The minimum Gasteiger partial charge on any atom is -0.385 e. The molecule has 5 nitrogen and oxygen atoms in total. The maximum Gasteiger partial charge on any atom is 0.137 e. The molecule has 1 fully saturated rings. The average Bonchev–Trinajstić information content (AvgIpc) is 3.08. The lowest BCUT2D eigenvalue weighted by Crippen LogP contribution is -2.35. The van der Waals surface area contributed by atoms with Gasteiger partial charge in [-0.25, -0.2) is 9.97 Å². The van der Waals surface area contributed by atoms with Crippen LogP contribution in [-0.4, -0.2) is 37.6 Å². The zero-order valence-electron chi connectivity index (χ0n) is 12.6. The van der Waals surface area contributed by atoms with Gasteiger partial charge >= 0.3 is 0 Å². The Morgan fingerprint density at radius 2 is 2.14 bits per heavy atom. The topological polar surface area (TPSA) is 54.2 Å². The first-order valence-corrected chi connectivity index (χ1v) is 8.29. The SMILES string of the molecule is Cc1ncsc1CN1CCC([C@H](O)c2nccn2C)CC1. The highest BCUT2D eigenvalue weighted by Crippen LogP contribution is 2.30. The molecule has 21 heavy (non-hydrogen) atoms. The maximum atomic E-state index is 10.5. The zero-order valence-corrected chi connectivity index (χ0v) is 13.4. The van der Waals surface area contributed by atoms with Crippen LogP contribution in [-0.2, 0) is 13.6 Å². The van der Waals surface area contributed by atoms with Gasteiger partial charge in [0.05, 0.1) is 11.2 Å². The Bertz CT molecular complexity index is 586. The van der Waals surface area contributed by atoms with E-state index in [1.54, 1.807) is 17.5 Å². The van der Waals surface area contributed by atoms with Crippen LogP contribution in [0.1, 0.15) is 35.3 Å². The number of piperidine rings is 1. The summed E-state index contributed by atoms with van der Waals surface area (Å²) in [4.78, 5) is 12.4. The third-order valence-electron chi connectivity index (χ3n) is 4.41. The fourth-order valence-electron chi connectivity index (χ4n) is 2.98. The van der Waals surface area contributed by atoms with Gasteiger partial charge in [-0.3, -0.25) is 4.90 Å². The van der Waals surface area contributed by atoms with Gasteiger partial charge in [0.25, 0.3) is 0 Å². The quantitative estimate of drug-likeness (QED) is 0.940. The largest absolute Gasteiger partial charge is 0.385 e. The Labute approximate surface area is 129 Å². The van der Waals surface area contributed by atoms with Gasteiger partial charge in [-0.1, -0.05) is 0 Å². The van der Waals surface area contributed by atoms with Crippen molar-refractivity contribution in [2.75, 3.05) is 13.1 Å². The number of aliphatic hydroxyl groups excluding tert-OH is 1. The first-order chi connectivity index (χ1) is 10.1. The van der Waals surface area contributed by atoms with Gasteiger partial charge in [-0.05, 0) is 38.8 Å². The lowest BCUT2D eigenvalue weighted by atomic mass is 9.90. The molecule has 1 aliphatic rings. The lowest BCUT2D eigenvalue weighted by Gasteiger charge is -2.33. The van der Waals surface area contributed by atoms with Crippen molar-refractivity contribution >= 4 is 11.3 Å². The number of hydrogen-bond acceptors (Lipinski definition) is 5. The number of aryl methyl sites for hydroxylation is 2. The summed E-state index contributed by atoms with van der Waals surface area (Å²) < 4.78 is 1.91. The number of hydrogen-bond donors (Lipinski definition) is 1. The summed E-state index contributed by atoms with van der Waals surface area (Å²) in [6, 6.07) is 0. The van der Waals surface area contributed by atoms with Crippen LogP contribution >= 0.6 is 11.3 Å². The smallest absolute Gasteiger partial charge is 0.137 e. The molecule has 1 N–H and O–H groups in total. The Morgan fingerprint density at radius 3 is 2.71 bits per heavy atom. The third-order valence-corrected chi connectivity index (χ3v) is 5.33. The van der Waals surface area contributed by atoms with Gasteiger partial charge < -0.3 is 9.67 Å². The highest BCUT2D eigenvalue weighted by atomic mass is 32.1. The molecule has 2 aromatic heterocycles. The van der Waals surface area contributed by atoms with Gasteiger partial charge in [0.2, 0.25) is 0 Å². The highest BCUT2D eigenvalue weighted by Gasteiger charge is 2.28. The molecule has 6 heteroatoms. The van der Waals surface area contributed by atoms with E-state index in [1.807, 2.05) is 23.3 Å². The lowest BCUT2D eigenvalue weighted by molar-refractivity contribution is 0.0494. The summed E-state index contributed by atoms with van der Waals surface area (Å²) in [5.41, 5.74) is 3.07. The zero-order chi connectivity index (χ0) is 14.8. The van der Waals surface area contributed by atoms with Gasteiger partial charge in [0.1, 0.15) is 11.9 Å². The molecule has 0 bridgehead atoms. The van der Waals surface area contributed by atoms with Crippen molar-refractivity contribution in [3.8, 4) is 0 Å². The Hall–Kier alpha value is -1.24. The first-order valence-electron chi connectivity index (χ1n) is 7.41. The molecule has 0 amide bonds. The Balaban J connectivity index is 1.55. The molecule has 0 radical (unpaired) electrons. The van der Waals surface area contributed by atoms with Crippen LogP contribution in [0.3, 0.4) is 0 Å². The molecule has 0 aliphatic carbocycles. The molecule has 1 atom stereocenters. The number of imidazole rings is 1. The monoisotopic (exact) mass is 306 g/mol. The van der Waals surface area contributed by atoms with Crippen LogP contribution in [0.2, 0.25) is 0 Å². The van der Waals surface area contributed by atoms with E-state index in [0.29, 0.717) is 5.92 Å². The molecule has 3 heterocycles. The van der Waals surface area contributed by atoms with Crippen molar-refractivity contribution in [3.63, 3.8) is 0 Å². The van der Waals surface area contributed by atoms with Crippen LogP contribution in [0.5, 0.6) is 0 Å².